The smallest absolute Gasteiger partial charge is 0.119 e. The van der Waals surface area contributed by atoms with Gasteiger partial charge in [0.25, 0.3) is 0 Å². The van der Waals surface area contributed by atoms with E-state index < -0.39 is 0 Å². The molecule has 0 N–H and O–H groups in total. The summed E-state index contributed by atoms with van der Waals surface area (Å²) in [5.74, 6) is 0.907. The van der Waals surface area contributed by atoms with Gasteiger partial charge < -0.3 is 23.8 Å². The number of ether oxygens (including phenoxy) is 4. The van der Waals surface area contributed by atoms with Crippen LogP contribution in [0.3, 0.4) is 0 Å². The molecule has 2 aromatic carbocycles. The maximum Gasteiger partial charge on any atom is 0.119 e. The van der Waals surface area contributed by atoms with Gasteiger partial charge in [0.1, 0.15) is 18.5 Å². The number of benzene rings is 2. The third kappa shape index (κ3) is 5.01. The van der Waals surface area contributed by atoms with Crippen LogP contribution in [0.15, 0.2) is 48.5 Å². The van der Waals surface area contributed by atoms with Crippen LogP contribution >= 0.6 is 0 Å². The van der Waals surface area contributed by atoms with E-state index in [0.29, 0.717) is 24.9 Å². The Labute approximate surface area is 159 Å². The first-order chi connectivity index (χ1) is 13.3. The van der Waals surface area contributed by atoms with Crippen LogP contribution in [0.4, 0.5) is 5.69 Å². The highest BCUT2D eigenvalue weighted by molar-refractivity contribution is 5.49. The summed E-state index contributed by atoms with van der Waals surface area (Å²) < 4.78 is 21.7. The molecule has 0 radical (unpaired) electrons. The van der Waals surface area contributed by atoms with E-state index in [1.54, 1.807) is 0 Å². The molecule has 142 valence electrons. The summed E-state index contributed by atoms with van der Waals surface area (Å²) in [6.07, 6.45) is 1.98. The van der Waals surface area contributed by atoms with Crippen molar-refractivity contribution >= 4 is 5.69 Å². The lowest BCUT2D eigenvalue weighted by atomic mass is 10.0. The Kier molecular flexibility index (Phi) is 4.74. The zero-order chi connectivity index (χ0) is 18.1. The second-order valence-corrected chi connectivity index (χ2v) is 7.57. The minimum atomic E-state index is 0.292. The quantitative estimate of drug-likeness (QED) is 0.604. The minimum Gasteiger partial charge on any atom is -0.491 e. The van der Waals surface area contributed by atoms with E-state index in [9.17, 15) is 0 Å². The van der Waals surface area contributed by atoms with Gasteiger partial charge in [-0.1, -0.05) is 24.3 Å². The van der Waals surface area contributed by atoms with E-state index in [4.69, 9.17) is 18.9 Å². The Hall–Kier alpha value is -2.08. The molecule has 3 unspecified atom stereocenters. The van der Waals surface area contributed by atoms with Gasteiger partial charge in [-0.25, -0.2) is 0 Å². The van der Waals surface area contributed by atoms with E-state index in [2.05, 4.69) is 41.3 Å². The van der Waals surface area contributed by atoms with Crippen LogP contribution in [0.1, 0.15) is 11.1 Å². The first-order valence-electron chi connectivity index (χ1n) is 9.72. The van der Waals surface area contributed by atoms with Crippen LogP contribution in [0.2, 0.25) is 0 Å². The van der Waals surface area contributed by atoms with Crippen LogP contribution < -0.4 is 9.64 Å². The molecule has 0 aromatic heterocycles. The van der Waals surface area contributed by atoms with Crippen LogP contribution in [0, 0.1) is 0 Å². The van der Waals surface area contributed by atoms with Crippen LogP contribution in [-0.4, -0.2) is 57.8 Å². The summed E-state index contributed by atoms with van der Waals surface area (Å²) >= 11 is 0. The van der Waals surface area contributed by atoms with Gasteiger partial charge in [0.2, 0.25) is 0 Å². The van der Waals surface area contributed by atoms with Crippen molar-refractivity contribution < 1.29 is 18.9 Å². The Bertz CT molecular complexity index is 735. The average Bonchev–Trinajstić information content (AvgIpc) is 3.54. The number of hydrogen-bond donors (Lipinski definition) is 0. The molecule has 0 saturated carbocycles. The maximum absolute atomic E-state index is 5.70. The molecule has 3 atom stereocenters. The van der Waals surface area contributed by atoms with E-state index >= 15 is 0 Å². The molecule has 3 aliphatic heterocycles. The second kappa shape index (κ2) is 7.50. The molecule has 3 saturated heterocycles. The summed E-state index contributed by atoms with van der Waals surface area (Å²) in [4.78, 5) is 2.38. The summed E-state index contributed by atoms with van der Waals surface area (Å²) in [6, 6.07) is 17.2. The number of anilines is 1. The predicted molar refractivity (Wildman–Crippen MR) is 103 cm³/mol. The van der Waals surface area contributed by atoms with Gasteiger partial charge in [-0.3, -0.25) is 0 Å². The fraction of sp³-hybridized carbons (Fsp3) is 0.455. The lowest BCUT2D eigenvalue weighted by molar-refractivity contribution is 0.263. The first-order valence-corrected chi connectivity index (χ1v) is 9.72. The third-order valence-corrected chi connectivity index (χ3v) is 5.12. The Morgan fingerprint density at radius 1 is 0.741 bits per heavy atom. The molecule has 27 heavy (non-hydrogen) atoms. The summed E-state index contributed by atoms with van der Waals surface area (Å²) in [5, 5.41) is 0. The number of nitrogens with zero attached hydrogens (tertiary/aromatic N) is 1. The van der Waals surface area contributed by atoms with Crippen LogP contribution in [0.5, 0.6) is 5.75 Å². The lowest BCUT2D eigenvalue weighted by Crippen LogP contribution is -2.31. The normalized spacial score (nSPS) is 25.1. The van der Waals surface area contributed by atoms with E-state index in [1.165, 1.54) is 16.8 Å². The Morgan fingerprint density at radius 3 is 1.78 bits per heavy atom. The largest absolute Gasteiger partial charge is 0.491 e. The third-order valence-electron chi connectivity index (χ3n) is 5.12. The molecule has 0 aliphatic carbocycles. The molecule has 3 heterocycles. The fourth-order valence-electron chi connectivity index (χ4n) is 3.24. The zero-order valence-corrected chi connectivity index (χ0v) is 15.4. The van der Waals surface area contributed by atoms with Crippen molar-refractivity contribution in [3.05, 3.63) is 59.7 Å². The molecule has 5 nitrogen and oxygen atoms in total. The highest BCUT2D eigenvalue weighted by Crippen LogP contribution is 2.24. The highest BCUT2D eigenvalue weighted by Gasteiger charge is 2.30. The van der Waals surface area contributed by atoms with E-state index in [1.807, 2.05) is 12.1 Å². The van der Waals surface area contributed by atoms with Crippen molar-refractivity contribution in [3.63, 3.8) is 0 Å². The molecular formula is C22H25NO4. The van der Waals surface area contributed by atoms with Gasteiger partial charge in [0.15, 0.2) is 0 Å². The molecule has 5 rings (SSSR count). The van der Waals surface area contributed by atoms with Gasteiger partial charge in [0.05, 0.1) is 32.0 Å². The van der Waals surface area contributed by atoms with Gasteiger partial charge in [0, 0.05) is 18.8 Å². The molecule has 3 aliphatic rings. The molecule has 3 fully saturated rings. The summed E-state index contributed by atoms with van der Waals surface area (Å²) in [6.45, 7) is 5.14. The minimum absolute atomic E-state index is 0.292. The van der Waals surface area contributed by atoms with E-state index in [0.717, 1.165) is 45.1 Å². The number of rotatable bonds is 10. The van der Waals surface area contributed by atoms with Gasteiger partial charge in [-0.2, -0.15) is 0 Å². The van der Waals surface area contributed by atoms with Crippen LogP contribution in [0.25, 0.3) is 0 Å². The zero-order valence-electron chi connectivity index (χ0n) is 15.4. The van der Waals surface area contributed by atoms with Crippen molar-refractivity contribution in [1.82, 2.24) is 0 Å². The fourth-order valence-corrected chi connectivity index (χ4v) is 3.24. The van der Waals surface area contributed by atoms with E-state index in [-0.39, 0.29) is 0 Å². The van der Waals surface area contributed by atoms with Gasteiger partial charge >= 0.3 is 0 Å². The number of hydrogen-bond acceptors (Lipinski definition) is 5. The van der Waals surface area contributed by atoms with Crippen molar-refractivity contribution in [2.45, 2.75) is 24.7 Å². The lowest BCUT2D eigenvalue weighted by Gasteiger charge is -2.23. The standard InChI is InChI=1S/C22H25NO4/c1-5-18(23(10-20-12-25-20)11-21-13-26-21)6-2-16(1)9-17-3-7-19(8-4-17)24-14-22-15-27-22/h1-8,20-22H,9-15H2. The van der Waals surface area contributed by atoms with Crippen molar-refractivity contribution in [2.75, 3.05) is 44.4 Å². The molecule has 0 bridgehead atoms. The summed E-state index contributed by atoms with van der Waals surface area (Å²) in [7, 11) is 0. The second-order valence-electron chi connectivity index (χ2n) is 7.57. The Morgan fingerprint density at radius 2 is 1.26 bits per heavy atom. The monoisotopic (exact) mass is 367 g/mol. The molecule has 5 heteroatoms. The van der Waals surface area contributed by atoms with Gasteiger partial charge in [-0.05, 0) is 41.8 Å². The molecule has 0 spiro atoms. The topological polar surface area (TPSA) is 50.1 Å². The average molecular weight is 367 g/mol. The SMILES string of the molecule is c1cc(OCC2CO2)ccc1Cc1ccc(N(CC2CO2)CC2CO2)cc1. The molecule has 2 aromatic rings. The molecule has 0 amide bonds. The van der Waals surface area contributed by atoms with Crippen molar-refractivity contribution in [3.8, 4) is 5.75 Å². The summed E-state index contributed by atoms with van der Waals surface area (Å²) in [5.41, 5.74) is 3.84. The predicted octanol–water partition coefficient (Wildman–Crippen LogP) is 2.66. The number of epoxide rings is 3. The molecular weight excluding hydrogens is 342 g/mol. The van der Waals surface area contributed by atoms with Crippen molar-refractivity contribution in [1.29, 1.82) is 0 Å². The van der Waals surface area contributed by atoms with Gasteiger partial charge in [-0.15, -0.1) is 0 Å². The Balaban J connectivity index is 1.18. The first kappa shape index (κ1) is 17.0. The van der Waals surface area contributed by atoms with Crippen molar-refractivity contribution in [2.24, 2.45) is 0 Å². The highest BCUT2D eigenvalue weighted by atomic mass is 16.6. The van der Waals surface area contributed by atoms with Crippen LogP contribution in [-0.2, 0) is 20.6 Å². The maximum atomic E-state index is 5.70.